The molecule has 1 saturated heterocycles. The molecule has 2 aliphatic heterocycles. The maximum atomic E-state index is 12.4. The summed E-state index contributed by atoms with van der Waals surface area (Å²) in [5.74, 6) is 0.754. The fraction of sp³-hybridized carbons (Fsp3) is 0.550. The van der Waals surface area contributed by atoms with Crippen LogP contribution >= 0.6 is 11.8 Å². The number of nitrogens with one attached hydrogen (secondary N) is 1. The summed E-state index contributed by atoms with van der Waals surface area (Å²) in [5, 5.41) is 16.1. The number of allylic oxidation sites excluding steroid dienone is 1. The minimum absolute atomic E-state index is 0.0259. The molecule has 0 radical (unpaired) electrons. The molecule has 1 aliphatic carbocycles. The summed E-state index contributed by atoms with van der Waals surface area (Å²) in [6.45, 7) is 0.916. The van der Waals surface area contributed by atoms with E-state index < -0.39 is 0 Å². The van der Waals surface area contributed by atoms with Crippen molar-refractivity contribution in [1.29, 1.82) is 0 Å². The number of fused-ring (bicyclic) bond motifs is 3. The van der Waals surface area contributed by atoms with Crippen LogP contribution in [0.3, 0.4) is 0 Å². The monoisotopic (exact) mass is 358 g/mol. The molecular weight excluding hydrogens is 332 g/mol. The second-order valence-electron chi connectivity index (χ2n) is 7.80. The summed E-state index contributed by atoms with van der Waals surface area (Å²) in [5.41, 5.74) is 2.48. The van der Waals surface area contributed by atoms with Gasteiger partial charge in [-0.25, -0.2) is 0 Å². The lowest BCUT2D eigenvalue weighted by atomic mass is 9.63. The molecule has 1 saturated carbocycles. The number of amides is 1. The van der Waals surface area contributed by atoms with E-state index in [2.05, 4.69) is 60.1 Å². The molecule has 2 heterocycles. The number of carbonyl (C=O) groups is 1. The lowest BCUT2D eigenvalue weighted by Crippen LogP contribution is -2.59. The maximum Gasteiger partial charge on any atom is 0.234 e. The summed E-state index contributed by atoms with van der Waals surface area (Å²) in [6.07, 6.45) is 3.47. The average Bonchev–Trinajstić information content (AvgIpc) is 3.06. The number of aliphatic hydroxyl groups excluding tert-OH is 1. The van der Waals surface area contributed by atoms with Crippen LogP contribution in [-0.2, 0) is 11.3 Å². The van der Waals surface area contributed by atoms with Crippen molar-refractivity contribution in [2.45, 2.75) is 42.7 Å². The molecule has 1 aromatic carbocycles. The van der Waals surface area contributed by atoms with Gasteiger partial charge in [0.05, 0.1) is 11.4 Å². The predicted molar refractivity (Wildman–Crippen MR) is 101 cm³/mol. The van der Waals surface area contributed by atoms with Crippen LogP contribution in [0.2, 0.25) is 0 Å². The molecule has 2 fully saturated rings. The molecule has 3 aliphatic rings. The van der Waals surface area contributed by atoms with Gasteiger partial charge in [0.2, 0.25) is 5.91 Å². The third-order valence-electron chi connectivity index (χ3n) is 5.84. The Morgan fingerprint density at radius 3 is 2.72 bits per heavy atom. The lowest BCUT2D eigenvalue weighted by molar-refractivity contribution is -0.126. The topological polar surface area (TPSA) is 52.6 Å². The minimum Gasteiger partial charge on any atom is -0.392 e. The van der Waals surface area contributed by atoms with Crippen molar-refractivity contribution in [3.8, 4) is 0 Å². The molecule has 0 bridgehead atoms. The zero-order valence-electron chi connectivity index (χ0n) is 14.8. The van der Waals surface area contributed by atoms with Gasteiger partial charge in [0, 0.05) is 24.4 Å². The summed E-state index contributed by atoms with van der Waals surface area (Å²) in [6, 6.07) is 8.86. The number of nitrogens with zero attached hydrogens (tertiary/aromatic N) is 1. The van der Waals surface area contributed by atoms with Crippen LogP contribution < -0.4 is 5.32 Å². The molecule has 6 atom stereocenters. The van der Waals surface area contributed by atoms with Crippen molar-refractivity contribution in [3.05, 3.63) is 46.9 Å². The van der Waals surface area contributed by atoms with Crippen molar-refractivity contribution < 1.29 is 9.90 Å². The van der Waals surface area contributed by atoms with E-state index in [0.29, 0.717) is 0 Å². The van der Waals surface area contributed by atoms with E-state index in [9.17, 15) is 9.90 Å². The van der Waals surface area contributed by atoms with E-state index in [-0.39, 0.29) is 41.1 Å². The van der Waals surface area contributed by atoms with Crippen molar-refractivity contribution in [2.75, 3.05) is 14.1 Å². The van der Waals surface area contributed by atoms with Gasteiger partial charge in [-0.05, 0) is 49.4 Å². The number of hydrogen-bond acceptors (Lipinski definition) is 4. The number of aliphatic hydroxyl groups is 1. The SMILES string of the molecule is CN(C)Cc1ccc(C2C(O)CCC3NC(=O)C4SC=CC4C32)cc1. The highest BCUT2D eigenvalue weighted by molar-refractivity contribution is 8.03. The molecule has 0 aromatic heterocycles. The first-order valence-corrected chi connectivity index (χ1v) is 10.0. The highest BCUT2D eigenvalue weighted by atomic mass is 32.2. The molecule has 6 unspecified atom stereocenters. The Morgan fingerprint density at radius 2 is 2.00 bits per heavy atom. The Bertz CT molecular complexity index is 673. The van der Waals surface area contributed by atoms with Crippen LogP contribution in [0.15, 0.2) is 35.7 Å². The van der Waals surface area contributed by atoms with E-state index in [1.807, 2.05) is 0 Å². The number of benzene rings is 1. The van der Waals surface area contributed by atoms with Crippen LogP contribution in [-0.4, -0.2) is 47.4 Å². The number of hydrogen-bond donors (Lipinski definition) is 2. The van der Waals surface area contributed by atoms with Gasteiger partial charge in [0.25, 0.3) is 0 Å². The van der Waals surface area contributed by atoms with E-state index in [1.54, 1.807) is 11.8 Å². The molecule has 1 amide bonds. The number of rotatable bonds is 3. The second-order valence-corrected chi connectivity index (χ2v) is 8.86. The summed E-state index contributed by atoms with van der Waals surface area (Å²) in [7, 11) is 4.14. The van der Waals surface area contributed by atoms with Crippen molar-refractivity contribution in [3.63, 3.8) is 0 Å². The highest BCUT2D eigenvalue weighted by Crippen LogP contribution is 2.50. The fourth-order valence-electron chi connectivity index (χ4n) is 4.80. The van der Waals surface area contributed by atoms with Crippen LogP contribution in [0.5, 0.6) is 0 Å². The quantitative estimate of drug-likeness (QED) is 0.871. The van der Waals surface area contributed by atoms with Gasteiger partial charge in [0.15, 0.2) is 0 Å². The molecule has 4 nitrogen and oxygen atoms in total. The molecule has 2 N–H and O–H groups in total. The summed E-state index contributed by atoms with van der Waals surface area (Å²) >= 11 is 1.62. The Hall–Kier alpha value is -1.30. The Kier molecular flexibility index (Phi) is 4.65. The van der Waals surface area contributed by atoms with E-state index in [0.717, 1.165) is 19.4 Å². The van der Waals surface area contributed by atoms with Crippen LogP contribution in [0, 0.1) is 11.8 Å². The Labute approximate surface area is 153 Å². The number of piperidine rings is 1. The molecule has 4 rings (SSSR count). The number of thioether (sulfide) groups is 1. The van der Waals surface area contributed by atoms with E-state index in [4.69, 9.17) is 0 Å². The summed E-state index contributed by atoms with van der Waals surface area (Å²) in [4.78, 5) is 14.5. The van der Waals surface area contributed by atoms with Crippen LogP contribution in [0.1, 0.15) is 29.9 Å². The van der Waals surface area contributed by atoms with E-state index in [1.165, 1.54) is 11.1 Å². The Morgan fingerprint density at radius 1 is 1.24 bits per heavy atom. The molecule has 5 heteroatoms. The highest BCUT2D eigenvalue weighted by Gasteiger charge is 2.51. The molecule has 25 heavy (non-hydrogen) atoms. The van der Waals surface area contributed by atoms with Crippen LogP contribution in [0.25, 0.3) is 0 Å². The molecule has 134 valence electrons. The largest absolute Gasteiger partial charge is 0.392 e. The van der Waals surface area contributed by atoms with Crippen molar-refractivity contribution >= 4 is 17.7 Å². The first kappa shape index (κ1) is 17.1. The molecular formula is C20H26N2O2S. The fourth-order valence-corrected chi connectivity index (χ4v) is 5.89. The zero-order chi connectivity index (χ0) is 17.6. The number of carbonyl (C=O) groups excluding carboxylic acids is 1. The third kappa shape index (κ3) is 3.14. The van der Waals surface area contributed by atoms with Gasteiger partial charge in [-0.1, -0.05) is 30.3 Å². The van der Waals surface area contributed by atoms with E-state index >= 15 is 0 Å². The van der Waals surface area contributed by atoms with Crippen LogP contribution in [0.4, 0.5) is 0 Å². The smallest absolute Gasteiger partial charge is 0.234 e. The standard InChI is InChI=1S/C20H26N2O2S/c1-22(2)11-12-3-5-13(6-4-12)17-16(23)8-7-15-18(17)14-9-10-25-19(14)20(24)21-15/h3-6,9-10,14-19,23H,7-8,11H2,1-2H3,(H,21,24). The maximum absolute atomic E-state index is 12.4. The van der Waals surface area contributed by atoms with Gasteiger partial charge in [0.1, 0.15) is 0 Å². The van der Waals surface area contributed by atoms with Gasteiger partial charge in [-0.2, -0.15) is 0 Å². The minimum atomic E-state index is -0.337. The van der Waals surface area contributed by atoms with Gasteiger partial charge < -0.3 is 15.3 Å². The first-order valence-electron chi connectivity index (χ1n) is 9.09. The third-order valence-corrected chi connectivity index (χ3v) is 6.97. The normalized spacial score (nSPS) is 36.9. The average molecular weight is 359 g/mol. The lowest BCUT2D eigenvalue weighted by Gasteiger charge is -2.48. The predicted octanol–water partition coefficient (Wildman–Crippen LogP) is 2.35. The van der Waals surface area contributed by atoms with Gasteiger partial charge in [-0.15, -0.1) is 11.8 Å². The zero-order valence-corrected chi connectivity index (χ0v) is 15.6. The molecule has 0 spiro atoms. The first-order chi connectivity index (χ1) is 12.0. The van der Waals surface area contributed by atoms with Crippen molar-refractivity contribution in [2.24, 2.45) is 11.8 Å². The molecule has 1 aromatic rings. The Balaban J connectivity index is 1.64. The second kappa shape index (κ2) is 6.78. The van der Waals surface area contributed by atoms with Crippen molar-refractivity contribution in [1.82, 2.24) is 10.2 Å². The van der Waals surface area contributed by atoms with Gasteiger partial charge >= 0.3 is 0 Å². The summed E-state index contributed by atoms with van der Waals surface area (Å²) < 4.78 is 0. The van der Waals surface area contributed by atoms with Gasteiger partial charge in [-0.3, -0.25) is 4.79 Å².